The average molecular weight is 274 g/mol. The largest absolute Gasteiger partial charge is 0.497 e. The summed E-state index contributed by atoms with van der Waals surface area (Å²) < 4.78 is 10.4. The highest BCUT2D eigenvalue weighted by atomic mass is 16.5. The van der Waals surface area contributed by atoms with Crippen molar-refractivity contribution in [1.82, 2.24) is 4.98 Å². The summed E-state index contributed by atoms with van der Waals surface area (Å²) in [5, 5.41) is 10.3. The highest BCUT2D eigenvalue weighted by Gasteiger charge is 2.13. The summed E-state index contributed by atoms with van der Waals surface area (Å²) in [6, 6.07) is 7.03. The van der Waals surface area contributed by atoms with Gasteiger partial charge in [-0.1, -0.05) is 0 Å². The summed E-state index contributed by atoms with van der Waals surface area (Å²) in [5.41, 5.74) is 8.00. The van der Waals surface area contributed by atoms with Gasteiger partial charge in [0, 0.05) is 30.6 Å². The molecule has 5 nitrogen and oxygen atoms in total. The molecule has 0 saturated carbocycles. The maximum Gasteiger partial charge on any atom is 0.122 e. The number of nitrogen functional groups attached to an aromatic ring is 1. The van der Waals surface area contributed by atoms with Crippen LogP contribution in [0.15, 0.2) is 36.7 Å². The van der Waals surface area contributed by atoms with E-state index >= 15 is 0 Å². The molecule has 2 rings (SSSR count). The number of aromatic nitrogens is 1. The lowest BCUT2D eigenvalue weighted by Crippen LogP contribution is -2.05. The van der Waals surface area contributed by atoms with Crippen molar-refractivity contribution in [3.8, 4) is 11.5 Å². The molecular formula is C15H18N2O3. The number of hydrogen-bond donors (Lipinski definition) is 2. The van der Waals surface area contributed by atoms with Crippen molar-refractivity contribution in [2.75, 3.05) is 20.0 Å². The van der Waals surface area contributed by atoms with Gasteiger partial charge in [0.2, 0.25) is 0 Å². The summed E-state index contributed by atoms with van der Waals surface area (Å²) in [6.45, 7) is 0. The second-order valence-corrected chi connectivity index (χ2v) is 4.44. The second kappa shape index (κ2) is 6.25. The van der Waals surface area contributed by atoms with Gasteiger partial charge in [0.1, 0.15) is 11.5 Å². The van der Waals surface area contributed by atoms with Crippen molar-refractivity contribution in [2.45, 2.75) is 12.5 Å². The molecule has 0 bridgehead atoms. The van der Waals surface area contributed by atoms with Crippen LogP contribution in [0.2, 0.25) is 0 Å². The second-order valence-electron chi connectivity index (χ2n) is 4.44. The summed E-state index contributed by atoms with van der Waals surface area (Å²) in [4.78, 5) is 4.02. The van der Waals surface area contributed by atoms with Crippen LogP contribution >= 0.6 is 0 Å². The van der Waals surface area contributed by atoms with E-state index in [9.17, 15) is 5.11 Å². The van der Waals surface area contributed by atoms with Gasteiger partial charge >= 0.3 is 0 Å². The van der Waals surface area contributed by atoms with Crippen LogP contribution in [0.3, 0.4) is 0 Å². The molecule has 0 amide bonds. The predicted molar refractivity (Wildman–Crippen MR) is 76.9 cm³/mol. The zero-order valence-electron chi connectivity index (χ0n) is 11.5. The SMILES string of the molecule is COc1cc(OC)cc(C(O)Cc2cnccc2N)c1. The lowest BCUT2D eigenvalue weighted by molar-refractivity contribution is 0.177. The van der Waals surface area contributed by atoms with E-state index < -0.39 is 6.10 Å². The zero-order valence-corrected chi connectivity index (χ0v) is 11.5. The number of rotatable bonds is 5. The fraction of sp³-hybridized carbons (Fsp3) is 0.267. The van der Waals surface area contributed by atoms with Crippen LogP contribution in [-0.2, 0) is 6.42 Å². The highest BCUT2D eigenvalue weighted by molar-refractivity contribution is 5.46. The van der Waals surface area contributed by atoms with Gasteiger partial charge in [-0.05, 0) is 29.3 Å². The third-order valence-electron chi connectivity index (χ3n) is 3.11. The third-order valence-corrected chi connectivity index (χ3v) is 3.11. The number of nitrogens with zero attached hydrogens (tertiary/aromatic N) is 1. The monoisotopic (exact) mass is 274 g/mol. The van der Waals surface area contributed by atoms with Gasteiger partial charge in [0.25, 0.3) is 0 Å². The van der Waals surface area contributed by atoms with Crippen LogP contribution in [0.5, 0.6) is 11.5 Å². The van der Waals surface area contributed by atoms with Gasteiger partial charge < -0.3 is 20.3 Å². The number of anilines is 1. The lowest BCUT2D eigenvalue weighted by atomic mass is 10.0. The van der Waals surface area contributed by atoms with E-state index in [4.69, 9.17) is 15.2 Å². The van der Waals surface area contributed by atoms with Gasteiger partial charge in [0.05, 0.1) is 20.3 Å². The Balaban J connectivity index is 2.24. The summed E-state index contributed by atoms with van der Waals surface area (Å²) in [5.74, 6) is 1.27. The smallest absolute Gasteiger partial charge is 0.122 e. The first kappa shape index (κ1) is 14.1. The molecule has 1 unspecified atom stereocenters. The van der Waals surface area contributed by atoms with Gasteiger partial charge in [-0.25, -0.2) is 0 Å². The number of aliphatic hydroxyl groups excluding tert-OH is 1. The number of ether oxygens (including phenoxy) is 2. The van der Waals surface area contributed by atoms with Crippen molar-refractivity contribution < 1.29 is 14.6 Å². The minimum atomic E-state index is -0.703. The number of pyridine rings is 1. The Bertz CT molecular complexity index is 565. The predicted octanol–water partition coefficient (Wildman–Crippen LogP) is 1.96. The third kappa shape index (κ3) is 3.19. The molecule has 0 spiro atoms. The Morgan fingerprint density at radius 3 is 2.40 bits per heavy atom. The molecule has 0 saturated heterocycles. The standard InChI is InChI=1S/C15H18N2O3/c1-19-12-5-10(6-13(8-12)20-2)15(18)7-11-9-17-4-3-14(11)16/h3-6,8-9,15,18H,7H2,1-2H3,(H2,16,17). The molecule has 2 aromatic rings. The van der Waals surface area contributed by atoms with Crippen molar-refractivity contribution in [3.05, 3.63) is 47.8 Å². The van der Waals surface area contributed by atoms with E-state index in [-0.39, 0.29) is 0 Å². The molecule has 0 radical (unpaired) electrons. The number of methoxy groups -OCH3 is 2. The van der Waals surface area contributed by atoms with Crippen LogP contribution < -0.4 is 15.2 Å². The minimum absolute atomic E-state index is 0.385. The van der Waals surface area contributed by atoms with Gasteiger partial charge in [0.15, 0.2) is 0 Å². The fourth-order valence-corrected chi connectivity index (χ4v) is 1.96. The molecule has 0 aliphatic carbocycles. The van der Waals surface area contributed by atoms with E-state index in [1.165, 1.54) is 0 Å². The first-order valence-corrected chi connectivity index (χ1v) is 6.23. The van der Waals surface area contributed by atoms with Crippen LogP contribution in [-0.4, -0.2) is 24.3 Å². The number of aliphatic hydroxyl groups is 1. The Morgan fingerprint density at radius 1 is 1.20 bits per heavy atom. The van der Waals surface area contributed by atoms with Crippen LogP contribution in [0, 0.1) is 0 Å². The van der Waals surface area contributed by atoms with E-state index in [0.29, 0.717) is 29.2 Å². The molecule has 0 aliphatic heterocycles. The molecule has 1 atom stereocenters. The molecule has 20 heavy (non-hydrogen) atoms. The van der Waals surface area contributed by atoms with E-state index in [2.05, 4.69) is 4.98 Å². The van der Waals surface area contributed by atoms with Crippen LogP contribution in [0.1, 0.15) is 17.2 Å². The molecule has 1 aromatic heterocycles. The summed E-state index contributed by atoms with van der Waals surface area (Å²) >= 11 is 0. The minimum Gasteiger partial charge on any atom is -0.497 e. The molecule has 5 heteroatoms. The lowest BCUT2D eigenvalue weighted by Gasteiger charge is -2.14. The Kier molecular flexibility index (Phi) is 4.42. The van der Waals surface area contributed by atoms with Gasteiger partial charge in [-0.15, -0.1) is 0 Å². The number of hydrogen-bond acceptors (Lipinski definition) is 5. The first-order valence-electron chi connectivity index (χ1n) is 6.23. The van der Waals surface area contributed by atoms with Crippen molar-refractivity contribution >= 4 is 5.69 Å². The molecule has 1 aromatic carbocycles. The number of benzene rings is 1. The summed E-state index contributed by atoms with van der Waals surface area (Å²) in [7, 11) is 3.15. The zero-order chi connectivity index (χ0) is 14.5. The Morgan fingerprint density at radius 2 is 1.85 bits per heavy atom. The van der Waals surface area contributed by atoms with E-state index in [1.54, 1.807) is 50.9 Å². The topological polar surface area (TPSA) is 77.6 Å². The fourth-order valence-electron chi connectivity index (χ4n) is 1.96. The van der Waals surface area contributed by atoms with Crippen molar-refractivity contribution in [2.24, 2.45) is 0 Å². The highest BCUT2D eigenvalue weighted by Crippen LogP contribution is 2.28. The van der Waals surface area contributed by atoms with E-state index in [1.807, 2.05) is 0 Å². The maximum absolute atomic E-state index is 10.3. The quantitative estimate of drug-likeness (QED) is 0.871. The molecule has 3 N–H and O–H groups in total. The maximum atomic E-state index is 10.3. The molecule has 1 heterocycles. The summed E-state index contributed by atoms with van der Waals surface area (Å²) in [6.07, 6.45) is 2.97. The normalized spacial score (nSPS) is 11.9. The molecule has 0 aliphatic rings. The van der Waals surface area contributed by atoms with Gasteiger partial charge in [-0.2, -0.15) is 0 Å². The first-order chi connectivity index (χ1) is 9.63. The molecular weight excluding hydrogens is 256 g/mol. The van der Waals surface area contributed by atoms with Crippen LogP contribution in [0.4, 0.5) is 5.69 Å². The molecule has 0 fully saturated rings. The van der Waals surface area contributed by atoms with E-state index in [0.717, 1.165) is 5.56 Å². The van der Waals surface area contributed by atoms with Crippen LogP contribution in [0.25, 0.3) is 0 Å². The average Bonchev–Trinajstić information content (AvgIpc) is 2.48. The van der Waals surface area contributed by atoms with Crippen molar-refractivity contribution in [3.63, 3.8) is 0 Å². The Hall–Kier alpha value is -2.27. The van der Waals surface area contributed by atoms with Gasteiger partial charge in [-0.3, -0.25) is 4.98 Å². The molecule has 106 valence electrons. The Labute approximate surface area is 118 Å². The van der Waals surface area contributed by atoms with Crippen molar-refractivity contribution in [1.29, 1.82) is 0 Å². The number of nitrogens with two attached hydrogens (primary N) is 1.